The summed E-state index contributed by atoms with van der Waals surface area (Å²) in [6.07, 6.45) is 0.619. The molecule has 2 aromatic carbocycles. The molecule has 1 heterocycles. The molecule has 0 radical (unpaired) electrons. The number of nitrogens with zero attached hydrogens (tertiary/aromatic N) is 1. The SMILES string of the molecule is CC(OC(=O)C1=Cc2ccccc2OC1)C(=O)Nc1ccc([N+](=O)[O-])cc1. The summed E-state index contributed by atoms with van der Waals surface area (Å²) < 4.78 is 10.7. The van der Waals surface area contributed by atoms with E-state index in [1.165, 1.54) is 31.2 Å². The second kappa shape index (κ2) is 7.69. The lowest BCUT2D eigenvalue weighted by molar-refractivity contribution is -0.384. The minimum Gasteiger partial charge on any atom is -0.488 e. The molecule has 1 N–H and O–H groups in total. The lowest BCUT2D eigenvalue weighted by Gasteiger charge is -2.19. The fraction of sp³-hybridized carbons (Fsp3) is 0.158. The summed E-state index contributed by atoms with van der Waals surface area (Å²) in [5.41, 5.74) is 1.35. The Morgan fingerprint density at radius 2 is 1.89 bits per heavy atom. The highest BCUT2D eigenvalue weighted by Gasteiger charge is 2.23. The molecule has 8 nitrogen and oxygen atoms in total. The van der Waals surface area contributed by atoms with Crippen LogP contribution >= 0.6 is 0 Å². The molecule has 0 aliphatic carbocycles. The van der Waals surface area contributed by atoms with Crippen LogP contribution in [-0.2, 0) is 14.3 Å². The molecule has 2 aromatic rings. The van der Waals surface area contributed by atoms with Crippen molar-refractivity contribution >= 4 is 29.3 Å². The van der Waals surface area contributed by atoms with Crippen LogP contribution in [0, 0.1) is 10.1 Å². The number of non-ortho nitro benzene ring substituents is 1. The van der Waals surface area contributed by atoms with Gasteiger partial charge in [-0.2, -0.15) is 0 Å². The molecule has 0 spiro atoms. The molecule has 1 aliphatic heterocycles. The van der Waals surface area contributed by atoms with Crippen LogP contribution in [0.25, 0.3) is 6.08 Å². The first-order valence-corrected chi connectivity index (χ1v) is 8.13. The van der Waals surface area contributed by atoms with Gasteiger partial charge in [-0.25, -0.2) is 4.79 Å². The second-order valence-electron chi connectivity index (χ2n) is 5.84. The van der Waals surface area contributed by atoms with E-state index in [0.717, 1.165) is 5.56 Å². The Morgan fingerprint density at radius 1 is 1.19 bits per heavy atom. The van der Waals surface area contributed by atoms with E-state index >= 15 is 0 Å². The Kier molecular flexibility index (Phi) is 5.16. The van der Waals surface area contributed by atoms with Crippen LogP contribution in [0.2, 0.25) is 0 Å². The highest BCUT2D eigenvalue weighted by Crippen LogP contribution is 2.26. The molecule has 0 saturated heterocycles. The molecule has 0 aromatic heterocycles. The van der Waals surface area contributed by atoms with E-state index in [0.29, 0.717) is 17.0 Å². The largest absolute Gasteiger partial charge is 0.488 e. The zero-order chi connectivity index (χ0) is 19.4. The van der Waals surface area contributed by atoms with E-state index in [4.69, 9.17) is 9.47 Å². The minimum atomic E-state index is -1.05. The zero-order valence-electron chi connectivity index (χ0n) is 14.4. The topological polar surface area (TPSA) is 108 Å². The number of hydrogen-bond acceptors (Lipinski definition) is 6. The normalized spacial score (nSPS) is 13.4. The van der Waals surface area contributed by atoms with E-state index in [2.05, 4.69) is 5.32 Å². The van der Waals surface area contributed by atoms with Crippen molar-refractivity contribution in [3.05, 3.63) is 69.8 Å². The second-order valence-corrected chi connectivity index (χ2v) is 5.84. The number of rotatable bonds is 5. The summed E-state index contributed by atoms with van der Waals surface area (Å²) in [6, 6.07) is 12.6. The first-order valence-electron chi connectivity index (χ1n) is 8.13. The fourth-order valence-electron chi connectivity index (χ4n) is 2.43. The van der Waals surface area contributed by atoms with Gasteiger partial charge in [-0.1, -0.05) is 18.2 Å². The third-order valence-corrected chi connectivity index (χ3v) is 3.89. The van der Waals surface area contributed by atoms with E-state index < -0.39 is 22.9 Å². The molecule has 138 valence electrons. The van der Waals surface area contributed by atoms with Crippen molar-refractivity contribution in [2.45, 2.75) is 13.0 Å². The number of nitro benzene ring substituents is 1. The first-order chi connectivity index (χ1) is 12.9. The Morgan fingerprint density at radius 3 is 2.59 bits per heavy atom. The average molecular weight is 368 g/mol. The number of esters is 1. The molecule has 1 amide bonds. The third-order valence-electron chi connectivity index (χ3n) is 3.89. The van der Waals surface area contributed by atoms with Gasteiger partial charge in [0.15, 0.2) is 6.10 Å². The summed E-state index contributed by atoms with van der Waals surface area (Å²) >= 11 is 0. The monoisotopic (exact) mass is 368 g/mol. The molecule has 1 atom stereocenters. The molecule has 0 fully saturated rings. The van der Waals surface area contributed by atoms with Crippen LogP contribution in [0.5, 0.6) is 5.75 Å². The van der Waals surface area contributed by atoms with Crippen LogP contribution in [0.3, 0.4) is 0 Å². The van der Waals surface area contributed by atoms with Crippen molar-refractivity contribution in [3.8, 4) is 5.75 Å². The maximum absolute atomic E-state index is 12.3. The standard InChI is InChI=1S/C19H16N2O6/c1-12(18(22)20-15-6-8-16(9-7-15)21(24)25)27-19(23)14-10-13-4-2-3-5-17(13)26-11-14/h2-10,12H,11H2,1H3,(H,20,22). The van der Waals surface area contributed by atoms with Gasteiger partial charge in [-0.05, 0) is 31.2 Å². The van der Waals surface area contributed by atoms with Gasteiger partial charge in [-0.15, -0.1) is 0 Å². The highest BCUT2D eigenvalue weighted by molar-refractivity contribution is 5.99. The zero-order valence-corrected chi connectivity index (χ0v) is 14.4. The van der Waals surface area contributed by atoms with Gasteiger partial charge in [0.25, 0.3) is 11.6 Å². The van der Waals surface area contributed by atoms with Crippen molar-refractivity contribution in [1.29, 1.82) is 0 Å². The van der Waals surface area contributed by atoms with Crippen molar-refractivity contribution in [3.63, 3.8) is 0 Å². The van der Waals surface area contributed by atoms with Crippen molar-refractivity contribution in [1.82, 2.24) is 0 Å². The van der Waals surface area contributed by atoms with Gasteiger partial charge >= 0.3 is 5.97 Å². The number of hydrogen-bond donors (Lipinski definition) is 1. The lowest BCUT2D eigenvalue weighted by Crippen LogP contribution is -2.31. The summed E-state index contributed by atoms with van der Waals surface area (Å²) in [7, 11) is 0. The number of nitro groups is 1. The van der Waals surface area contributed by atoms with Gasteiger partial charge in [0, 0.05) is 23.4 Å². The molecule has 27 heavy (non-hydrogen) atoms. The third kappa shape index (κ3) is 4.30. The quantitative estimate of drug-likeness (QED) is 0.494. The predicted molar refractivity (Wildman–Crippen MR) is 97.2 cm³/mol. The van der Waals surface area contributed by atoms with Crippen molar-refractivity contribution in [2.75, 3.05) is 11.9 Å². The van der Waals surface area contributed by atoms with Crippen LogP contribution < -0.4 is 10.1 Å². The van der Waals surface area contributed by atoms with E-state index in [1.807, 2.05) is 18.2 Å². The number of carbonyl (C=O) groups is 2. The maximum atomic E-state index is 12.3. The smallest absolute Gasteiger partial charge is 0.338 e. The van der Waals surface area contributed by atoms with E-state index in [-0.39, 0.29) is 12.3 Å². The Hall–Kier alpha value is -3.68. The number of nitrogens with one attached hydrogen (secondary N) is 1. The van der Waals surface area contributed by atoms with Crippen LogP contribution in [0.15, 0.2) is 54.1 Å². The van der Waals surface area contributed by atoms with E-state index in [9.17, 15) is 19.7 Å². The summed E-state index contributed by atoms with van der Waals surface area (Å²) in [6.45, 7) is 1.50. The molecule has 8 heteroatoms. The highest BCUT2D eigenvalue weighted by atomic mass is 16.6. The molecule has 3 rings (SSSR count). The number of benzene rings is 2. The van der Waals surface area contributed by atoms with Crippen LogP contribution in [0.1, 0.15) is 12.5 Å². The van der Waals surface area contributed by atoms with Crippen LogP contribution in [0.4, 0.5) is 11.4 Å². The maximum Gasteiger partial charge on any atom is 0.338 e. The van der Waals surface area contributed by atoms with Gasteiger partial charge in [0.1, 0.15) is 12.4 Å². The number of anilines is 1. The predicted octanol–water partition coefficient (Wildman–Crippen LogP) is 2.94. The molecule has 0 saturated carbocycles. The van der Waals surface area contributed by atoms with Gasteiger partial charge in [0.05, 0.1) is 10.5 Å². The minimum absolute atomic E-state index is 0.0620. The lowest BCUT2D eigenvalue weighted by atomic mass is 10.1. The molecule has 0 bridgehead atoms. The van der Waals surface area contributed by atoms with Crippen molar-refractivity contribution in [2.24, 2.45) is 0 Å². The number of carbonyl (C=O) groups excluding carboxylic acids is 2. The number of fused-ring (bicyclic) bond motifs is 1. The van der Waals surface area contributed by atoms with Gasteiger partial charge in [-0.3, -0.25) is 14.9 Å². The molecular formula is C19H16N2O6. The Balaban J connectivity index is 1.60. The number of amides is 1. The van der Waals surface area contributed by atoms with Gasteiger partial charge in [0.2, 0.25) is 0 Å². The summed E-state index contributed by atoms with van der Waals surface area (Å²) in [4.78, 5) is 34.5. The molecule has 1 aliphatic rings. The Bertz CT molecular complexity index is 920. The first kappa shape index (κ1) is 18.1. The fourth-order valence-corrected chi connectivity index (χ4v) is 2.43. The summed E-state index contributed by atoms with van der Waals surface area (Å²) in [5, 5.41) is 13.2. The van der Waals surface area contributed by atoms with Crippen LogP contribution in [-0.4, -0.2) is 29.5 Å². The Labute approximate surface area is 154 Å². The molecular weight excluding hydrogens is 352 g/mol. The van der Waals surface area contributed by atoms with Crippen molar-refractivity contribution < 1.29 is 24.0 Å². The average Bonchev–Trinajstić information content (AvgIpc) is 2.67. The number of para-hydroxylation sites is 1. The van der Waals surface area contributed by atoms with E-state index in [1.54, 1.807) is 12.1 Å². The summed E-state index contributed by atoms with van der Waals surface area (Å²) in [5.74, 6) is -0.510. The van der Waals surface area contributed by atoms with Gasteiger partial charge < -0.3 is 14.8 Å². The number of ether oxygens (including phenoxy) is 2. The molecule has 1 unspecified atom stereocenters.